The molecule has 2 N–H and O–H groups in total. The van der Waals surface area contributed by atoms with E-state index in [0.29, 0.717) is 17.9 Å². The summed E-state index contributed by atoms with van der Waals surface area (Å²) in [5, 5.41) is 7.97. The number of aryl methyl sites for hydroxylation is 2. The molecule has 8 heteroatoms. The smallest absolute Gasteiger partial charge is 0.344 e. The van der Waals surface area contributed by atoms with Gasteiger partial charge in [0, 0.05) is 7.05 Å². The van der Waals surface area contributed by atoms with Crippen molar-refractivity contribution < 1.29 is 23.6 Å². The van der Waals surface area contributed by atoms with Crippen LogP contribution in [0.1, 0.15) is 35.7 Å². The molecule has 0 bridgehead atoms. The number of hydrogen-bond donors (Lipinski definition) is 2. The minimum absolute atomic E-state index is 0.215. The van der Waals surface area contributed by atoms with Crippen molar-refractivity contribution in [1.82, 2.24) is 15.8 Å². The molecule has 0 aromatic carbocycles. The maximum absolute atomic E-state index is 12.0. The second kappa shape index (κ2) is 6.69. The van der Waals surface area contributed by atoms with Gasteiger partial charge in [-0.2, -0.15) is 0 Å². The summed E-state index contributed by atoms with van der Waals surface area (Å²) in [4.78, 5) is 34.5. The van der Waals surface area contributed by atoms with Crippen molar-refractivity contribution in [1.29, 1.82) is 0 Å². The first-order valence-electron chi connectivity index (χ1n) is 6.09. The molecule has 0 aliphatic heterocycles. The summed E-state index contributed by atoms with van der Waals surface area (Å²) < 4.78 is 9.91. The zero-order valence-electron chi connectivity index (χ0n) is 11.8. The fraction of sp³-hybridized carbons (Fsp3) is 0.500. The van der Waals surface area contributed by atoms with Gasteiger partial charge in [0.25, 0.3) is 5.91 Å². The molecule has 0 fully saturated rings. The average Bonchev–Trinajstić information content (AvgIpc) is 2.79. The molecular weight excluding hydrogens is 266 g/mol. The molecule has 1 rings (SSSR count). The van der Waals surface area contributed by atoms with Gasteiger partial charge in [-0.3, -0.25) is 10.1 Å². The number of aromatic nitrogens is 1. The molecule has 0 aliphatic rings. The minimum atomic E-state index is -1.11. The van der Waals surface area contributed by atoms with Gasteiger partial charge in [0.05, 0.1) is 5.69 Å². The first-order chi connectivity index (χ1) is 9.40. The standard InChI is InChI=1S/C12H17N3O5/c1-5-8-9(6(2)20-15-8)11(17)19-7(3)10(16)14-12(18)13-4/h7H,5H2,1-4H3,(H2,13,14,16,18)/t7-/m0/s1. The van der Waals surface area contributed by atoms with Crippen molar-refractivity contribution in [2.24, 2.45) is 0 Å². The van der Waals surface area contributed by atoms with Crippen LogP contribution >= 0.6 is 0 Å². The van der Waals surface area contributed by atoms with Crippen molar-refractivity contribution in [3.05, 3.63) is 17.0 Å². The topological polar surface area (TPSA) is 111 Å². The Hall–Kier alpha value is -2.38. The lowest BCUT2D eigenvalue weighted by atomic mass is 10.1. The van der Waals surface area contributed by atoms with E-state index in [1.807, 2.05) is 12.2 Å². The second-order valence-corrected chi connectivity index (χ2v) is 4.03. The molecule has 0 radical (unpaired) electrons. The van der Waals surface area contributed by atoms with Gasteiger partial charge >= 0.3 is 12.0 Å². The fourth-order valence-electron chi connectivity index (χ4n) is 1.47. The monoisotopic (exact) mass is 283 g/mol. The Morgan fingerprint density at radius 3 is 2.60 bits per heavy atom. The van der Waals surface area contributed by atoms with Crippen molar-refractivity contribution in [3.63, 3.8) is 0 Å². The maximum Gasteiger partial charge on any atom is 0.344 e. The Bertz CT molecular complexity index is 523. The third-order valence-electron chi connectivity index (χ3n) is 2.59. The van der Waals surface area contributed by atoms with Crippen LogP contribution in [0.4, 0.5) is 4.79 Å². The van der Waals surface area contributed by atoms with Gasteiger partial charge in [-0.1, -0.05) is 12.1 Å². The van der Waals surface area contributed by atoms with Gasteiger partial charge in [0.1, 0.15) is 11.3 Å². The Morgan fingerprint density at radius 2 is 2.05 bits per heavy atom. The largest absolute Gasteiger partial charge is 0.449 e. The lowest BCUT2D eigenvalue weighted by molar-refractivity contribution is -0.127. The third-order valence-corrected chi connectivity index (χ3v) is 2.59. The third kappa shape index (κ3) is 3.56. The van der Waals surface area contributed by atoms with Crippen LogP contribution in [0.5, 0.6) is 0 Å². The molecule has 1 atom stereocenters. The second-order valence-electron chi connectivity index (χ2n) is 4.03. The highest BCUT2D eigenvalue weighted by Gasteiger charge is 2.25. The maximum atomic E-state index is 12.0. The van der Waals surface area contributed by atoms with E-state index in [1.165, 1.54) is 14.0 Å². The van der Waals surface area contributed by atoms with E-state index in [0.717, 1.165) is 0 Å². The lowest BCUT2D eigenvalue weighted by Gasteiger charge is -2.12. The average molecular weight is 283 g/mol. The lowest BCUT2D eigenvalue weighted by Crippen LogP contribution is -2.43. The number of ether oxygens (including phenoxy) is 1. The van der Waals surface area contributed by atoms with Gasteiger partial charge in [0.15, 0.2) is 6.10 Å². The Morgan fingerprint density at radius 1 is 1.40 bits per heavy atom. The zero-order chi connectivity index (χ0) is 15.3. The number of hydrogen-bond acceptors (Lipinski definition) is 6. The summed E-state index contributed by atoms with van der Waals surface area (Å²) in [7, 11) is 1.37. The summed E-state index contributed by atoms with van der Waals surface area (Å²) in [6, 6.07) is -0.673. The van der Waals surface area contributed by atoms with Crippen LogP contribution in [0.2, 0.25) is 0 Å². The predicted molar refractivity (Wildman–Crippen MR) is 68.1 cm³/mol. The predicted octanol–water partition coefficient (Wildman–Crippen LogP) is 0.546. The molecule has 1 aromatic heterocycles. The fourth-order valence-corrected chi connectivity index (χ4v) is 1.47. The van der Waals surface area contributed by atoms with Crippen molar-refractivity contribution >= 4 is 17.9 Å². The van der Waals surface area contributed by atoms with Gasteiger partial charge < -0.3 is 14.6 Å². The summed E-state index contributed by atoms with van der Waals surface area (Å²) in [5.41, 5.74) is 0.679. The van der Waals surface area contributed by atoms with Crippen LogP contribution in [0, 0.1) is 6.92 Å². The number of nitrogens with zero attached hydrogens (tertiary/aromatic N) is 1. The molecule has 0 saturated heterocycles. The molecule has 1 heterocycles. The zero-order valence-corrected chi connectivity index (χ0v) is 11.8. The number of carbonyl (C=O) groups is 3. The van der Waals surface area contributed by atoms with Gasteiger partial charge in [-0.25, -0.2) is 9.59 Å². The first kappa shape index (κ1) is 15.7. The van der Waals surface area contributed by atoms with Crippen LogP contribution in [0.15, 0.2) is 4.52 Å². The SMILES string of the molecule is CCc1noc(C)c1C(=O)O[C@@H](C)C(=O)NC(=O)NC. The summed E-state index contributed by atoms with van der Waals surface area (Å²) >= 11 is 0. The Labute approximate surface area is 115 Å². The van der Waals surface area contributed by atoms with E-state index in [9.17, 15) is 14.4 Å². The van der Waals surface area contributed by atoms with Crippen LogP contribution in [-0.2, 0) is 16.0 Å². The van der Waals surface area contributed by atoms with Crippen LogP contribution in [0.25, 0.3) is 0 Å². The van der Waals surface area contributed by atoms with E-state index >= 15 is 0 Å². The number of nitrogens with one attached hydrogen (secondary N) is 2. The number of amides is 3. The number of carbonyl (C=O) groups excluding carboxylic acids is 3. The van der Waals surface area contributed by atoms with E-state index in [2.05, 4.69) is 10.5 Å². The number of imide groups is 1. The molecule has 1 aromatic rings. The molecule has 20 heavy (non-hydrogen) atoms. The van der Waals surface area contributed by atoms with Gasteiger partial charge in [-0.05, 0) is 20.3 Å². The molecule has 0 unspecified atom stereocenters. The van der Waals surface area contributed by atoms with Crippen LogP contribution in [0.3, 0.4) is 0 Å². The summed E-state index contributed by atoms with van der Waals surface area (Å²) in [5.74, 6) is -1.10. The molecule has 110 valence electrons. The van der Waals surface area contributed by atoms with Crippen molar-refractivity contribution in [2.75, 3.05) is 7.05 Å². The van der Waals surface area contributed by atoms with E-state index in [1.54, 1.807) is 6.92 Å². The quantitative estimate of drug-likeness (QED) is 0.780. The molecule has 0 saturated carbocycles. The molecule has 0 aliphatic carbocycles. The van der Waals surface area contributed by atoms with Gasteiger partial charge in [0.2, 0.25) is 0 Å². The van der Waals surface area contributed by atoms with Crippen molar-refractivity contribution in [3.8, 4) is 0 Å². The highest BCUT2D eigenvalue weighted by Crippen LogP contribution is 2.16. The molecule has 3 amide bonds. The molecule has 8 nitrogen and oxygen atoms in total. The number of rotatable bonds is 4. The van der Waals surface area contributed by atoms with Crippen molar-refractivity contribution in [2.45, 2.75) is 33.3 Å². The highest BCUT2D eigenvalue weighted by molar-refractivity contribution is 5.98. The normalized spacial score (nSPS) is 11.6. The van der Waals surface area contributed by atoms with E-state index in [-0.39, 0.29) is 5.56 Å². The Kier molecular flexibility index (Phi) is 5.24. The minimum Gasteiger partial charge on any atom is -0.449 e. The van der Waals surface area contributed by atoms with Crippen LogP contribution in [-0.4, -0.2) is 36.2 Å². The van der Waals surface area contributed by atoms with E-state index < -0.39 is 24.0 Å². The van der Waals surface area contributed by atoms with E-state index in [4.69, 9.17) is 9.26 Å². The Balaban J connectivity index is 2.72. The molecule has 0 spiro atoms. The number of urea groups is 1. The van der Waals surface area contributed by atoms with Gasteiger partial charge in [-0.15, -0.1) is 0 Å². The first-order valence-corrected chi connectivity index (χ1v) is 6.09. The van der Waals surface area contributed by atoms with Crippen LogP contribution < -0.4 is 10.6 Å². The molecular formula is C12H17N3O5. The summed E-state index contributed by atoms with van der Waals surface area (Å²) in [6.45, 7) is 4.76. The summed E-state index contributed by atoms with van der Waals surface area (Å²) in [6.07, 6.45) is -0.612. The highest BCUT2D eigenvalue weighted by atomic mass is 16.5. The number of esters is 1.